The van der Waals surface area contributed by atoms with Gasteiger partial charge in [-0.25, -0.2) is 0 Å². The molecule has 114 valence electrons. The van der Waals surface area contributed by atoms with Gasteiger partial charge in [-0.2, -0.15) is 0 Å². The van der Waals surface area contributed by atoms with E-state index in [2.05, 4.69) is 18.8 Å². The van der Waals surface area contributed by atoms with Gasteiger partial charge in [0.15, 0.2) is 0 Å². The molecule has 1 N–H and O–H groups in total. The Morgan fingerprint density at radius 3 is 2.76 bits per heavy atom. The van der Waals surface area contributed by atoms with E-state index in [9.17, 15) is 5.11 Å². The SMILES string of the molecule is CCCC/C=C/[C@H](O)[C@H](C)C#CCOCc1ccccc1. The summed E-state index contributed by atoms with van der Waals surface area (Å²) < 4.78 is 5.49. The van der Waals surface area contributed by atoms with E-state index in [1.165, 1.54) is 6.42 Å². The summed E-state index contributed by atoms with van der Waals surface area (Å²) >= 11 is 0. The molecule has 0 amide bonds. The number of aliphatic hydroxyl groups excluding tert-OH is 1. The third kappa shape index (κ3) is 8.34. The van der Waals surface area contributed by atoms with Crippen LogP contribution in [0.2, 0.25) is 0 Å². The molecule has 1 aromatic carbocycles. The topological polar surface area (TPSA) is 29.5 Å². The van der Waals surface area contributed by atoms with Gasteiger partial charge >= 0.3 is 0 Å². The van der Waals surface area contributed by atoms with Crippen LogP contribution in [0.25, 0.3) is 0 Å². The van der Waals surface area contributed by atoms with E-state index in [1.807, 2.05) is 49.4 Å². The van der Waals surface area contributed by atoms with E-state index in [0.29, 0.717) is 13.2 Å². The molecule has 0 aliphatic rings. The molecular weight excluding hydrogens is 260 g/mol. The zero-order valence-corrected chi connectivity index (χ0v) is 13.1. The van der Waals surface area contributed by atoms with Crippen LogP contribution in [0.15, 0.2) is 42.5 Å². The highest BCUT2D eigenvalue weighted by molar-refractivity contribution is 5.13. The van der Waals surface area contributed by atoms with Gasteiger partial charge in [-0.1, -0.05) is 74.1 Å². The van der Waals surface area contributed by atoms with Gasteiger partial charge in [-0.05, 0) is 18.9 Å². The van der Waals surface area contributed by atoms with Crippen LogP contribution in [0.3, 0.4) is 0 Å². The summed E-state index contributed by atoms with van der Waals surface area (Å²) in [6.45, 7) is 5.06. The number of aliphatic hydroxyl groups is 1. The highest BCUT2D eigenvalue weighted by Crippen LogP contribution is 2.05. The molecule has 2 nitrogen and oxygen atoms in total. The molecule has 0 fully saturated rings. The van der Waals surface area contributed by atoms with Crippen molar-refractivity contribution in [3.05, 3.63) is 48.0 Å². The number of unbranched alkanes of at least 4 members (excludes halogenated alkanes) is 2. The molecular formula is C19H26O2. The first-order valence-corrected chi connectivity index (χ1v) is 7.68. The van der Waals surface area contributed by atoms with Crippen molar-refractivity contribution >= 4 is 0 Å². The lowest BCUT2D eigenvalue weighted by atomic mass is 10.0. The average Bonchev–Trinajstić information content (AvgIpc) is 2.52. The molecule has 2 heteroatoms. The molecule has 0 radical (unpaired) electrons. The van der Waals surface area contributed by atoms with Crippen LogP contribution in [0.1, 0.15) is 38.7 Å². The number of benzene rings is 1. The summed E-state index contributed by atoms with van der Waals surface area (Å²) in [6.07, 6.45) is 6.75. The molecule has 0 saturated heterocycles. The van der Waals surface area contributed by atoms with Crippen molar-refractivity contribution in [2.75, 3.05) is 6.61 Å². The first kappa shape index (κ1) is 17.5. The minimum atomic E-state index is -0.497. The third-order valence-corrected chi connectivity index (χ3v) is 3.19. The molecule has 0 aromatic heterocycles. The minimum absolute atomic E-state index is 0.0665. The van der Waals surface area contributed by atoms with Crippen molar-refractivity contribution in [3.8, 4) is 11.8 Å². The lowest BCUT2D eigenvalue weighted by Gasteiger charge is -2.08. The molecule has 1 aromatic rings. The quantitative estimate of drug-likeness (QED) is 0.445. The average molecular weight is 286 g/mol. The maximum absolute atomic E-state index is 9.92. The van der Waals surface area contributed by atoms with Gasteiger partial charge in [0.1, 0.15) is 6.61 Å². The lowest BCUT2D eigenvalue weighted by molar-refractivity contribution is 0.153. The molecule has 0 aliphatic heterocycles. The van der Waals surface area contributed by atoms with Gasteiger partial charge in [-0.3, -0.25) is 0 Å². The second kappa shape index (κ2) is 11.1. The van der Waals surface area contributed by atoms with E-state index in [4.69, 9.17) is 4.74 Å². The molecule has 0 bridgehead atoms. The lowest BCUT2D eigenvalue weighted by Crippen LogP contribution is -2.12. The number of hydrogen-bond donors (Lipinski definition) is 1. The maximum atomic E-state index is 9.92. The predicted molar refractivity (Wildman–Crippen MR) is 87.7 cm³/mol. The molecule has 0 spiro atoms. The molecule has 0 aliphatic carbocycles. The van der Waals surface area contributed by atoms with Crippen LogP contribution in [0.5, 0.6) is 0 Å². The predicted octanol–water partition coefficient (Wildman–Crippen LogP) is 3.95. The fourth-order valence-electron chi connectivity index (χ4n) is 1.81. The van der Waals surface area contributed by atoms with E-state index in [0.717, 1.165) is 18.4 Å². The Bertz CT molecular complexity index is 453. The van der Waals surface area contributed by atoms with Crippen molar-refractivity contribution < 1.29 is 9.84 Å². The summed E-state index contributed by atoms with van der Waals surface area (Å²) in [4.78, 5) is 0. The second-order valence-corrected chi connectivity index (χ2v) is 5.15. The largest absolute Gasteiger partial charge is 0.388 e. The Balaban J connectivity index is 2.22. The summed E-state index contributed by atoms with van der Waals surface area (Å²) in [7, 11) is 0. The number of rotatable bonds is 8. The van der Waals surface area contributed by atoms with E-state index in [-0.39, 0.29) is 5.92 Å². The number of hydrogen-bond acceptors (Lipinski definition) is 2. The van der Waals surface area contributed by atoms with Crippen LogP contribution in [0.4, 0.5) is 0 Å². The monoisotopic (exact) mass is 286 g/mol. The van der Waals surface area contributed by atoms with E-state index < -0.39 is 6.10 Å². The van der Waals surface area contributed by atoms with Crippen molar-refractivity contribution in [2.24, 2.45) is 5.92 Å². The highest BCUT2D eigenvalue weighted by atomic mass is 16.5. The summed E-state index contributed by atoms with van der Waals surface area (Å²) in [5.74, 6) is 5.94. The normalized spacial score (nSPS) is 13.7. The third-order valence-electron chi connectivity index (χ3n) is 3.19. The number of ether oxygens (including phenoxy) is 1. The van der Waals surface area contributed by atoms with Gasteiger partial charge in [0.05, 0.1) is 12.7 Å². The summed E-state index contributed by atoms with van der Waals surface area (Å²) in [5, 5.41) is 9.92. The van der Waals surface area contributed by atoms with E-state index in [1.54, 1.807) is 0 Å². The van der Waals surface area contributed by atoms with Crippen LogP contribution < -0.4 is 0 Å². The molecule has 0 unspecified atom stereocenters. The smallest absolute Gasteiger partial charge is 0.108 e. The number of allylic oxidation sites excluding steroid dienone is 1. The maximum Gasteiger partial charge on any atom is 0.108 e. The fraction of sp³-hybridized carbons (Fsp3) is 0.474. The molecule has 21 heavy (non-hydrogen) atoms. The van der Waals surface area contributed by atoms with Crippen LogP contribution in [-0.4, -0.2) is 17.8 Å². The van der Waals surface area contributed by atoms with Crippen LogP contribution in [0, 0.1) is 17.8 Å². The van der Waals surface area contributed by atoms with Crippen molar-refractivity contribution in [2.45, 2.75) is 45.8 Å². The molecule has 0 saturated carbocycles. The minimum Gasteiger partial charge on any atom is -0.388 e. The second-order valence-electron chi connectivity index (χ2n) is 5.15. The van der Waals surface area contributed by atoms with E-state index >= 15 is 0 Å². The van der Waals surface area contributed by atoms with Gasteiger partial charge in [0, 0.05) is 5.92 Å². The highest BCUT2D eigenvalue weighted by Gasteiger charge is 2.06. The van der Waals surface area contributed by atoms with Gasteiger partial charge in [0.25, 0.3) is 0 Å². The van der Waals surface area contributed by atoms with Gasteiger partial charge in [-0.15, -0.1) is 0 Å². The van der Waals surface area contributed by atoms with Crippen LogP contribution >= 0.6 is 0 Å². The van der Waals surface area contributed by atoms with Gasteiger partial charge < -0.3 is 9.84 Å². The van der Waals surface area contributed by atoms with Crippen LogP contribution in [-0.2, 0) is 11.3 Å². The van der Waals surface area contributed by atoms with Crippen molar-refractivity contribution in [1.29, 1.82) is 0 Å². The molecule has 2 atom stereocenters. The zero-order valence-electron chi connectivity index (χ0n) is 13.1. The zero-order chi connectivity index (χ0) is 15.3. The first-order chi connectivity index (χ1) is 10.2. The Labute approximate surface area is 128 Å². The Hall–Kier alpha value is -1.56. The Kier molecular flexibility index (Phi) is 9.28. The summed E-state index contributed by atoms with van der Waals surface area (Å²) in [5.41, 5.74) is 1.14. The van der Waals surface area contributed by atoms with Crippen molar-refractivity contribution in [3.63, 3.8) is 0 Å². The Morgan fingerprint density at radius 1 is 1.29 bits per heavy atom. The van der Waals surface area contributed by atoms with Gasteiger partial charge in [0.2, 0.25) is 0 Å². The molecule has 0 heterocycles. The molecule has 1 rings (SSSR count). The first-order valence-electron chi connectivity index (χ1n) is 7.68. The summed E-state index contributed by atoms with van der Waals surface area (Å²) in [6, 6.07) is 10.0. The Morgan fingerprint density at radius 2 is 2.05 bits per heavy atom. The fourth-order valence-corrected chi connectivity index (χ4v) is 1.81. The van der Waals surface area contributed by atoms with Crippen molar-refractivity contribution in [1.82, 2.24) is 0 Å². The standard InChI is InChI=1S/C19H26O2/c1-3-4-5-9-14-19(20)17(2)11-10-15-21-16-18-12-7-6-8-13-18/h6-9,12-14,17,19-20H,3-5,15-16H2,1-2H3/b14-9+/t17-,19+/m1/s1.